The average molecular weight is 296 g/mol. The smallest absolute Gasteiger partial charge is 0.243 e. The van der Waals surface area contributed by atoms with Crippen LogP contribution in [0, 0.1) is 11.6 Å². The molecule has 1 aliphatic rings. The number of hydrogen-bond acceptors (Lipinski definition) is 3. The van der Waals surface area contributed by atoms with Crippen LogP contribution in [0.15, 0.2) is 18.2 Å². The normalized spacial score (nSPS) is 15.6. The lowest BCUT2D eigenvalue weighted by molar-refractivity contribution is -0.149. The van der Waals surface area contributed by atoms with E-state index >= 15 is 0 Å². The first-order valence-corrected chi connectivity index (χ1v) is 6.46. The number of ketones is 1. The molecule has 0 bridgehead atoms. The summed E-state index contributed by atoms with van der Waals surface area (Å²) in [5, 5.41) is 0. The summed E-state index contributed by atoms with van der Waals surface area (Å²) in [4.78, 5) is 38.0. The van der Waals surface area contributed by atoms with Gasteiger partial charge in [0.1, 0.15) is 18.2 Å². The molecular weight excluding hydrogens is 282 g/mol. The summed E-state index contributed by atoms with van der Waals surface area (Å²) in [6.07, 6.45) is 0. The van der Waals surface area contributed by atoms with E-state index in [2.05, 4.69) is 0 Å². The third kappa shape index (κ3) is 3.24. The second-order valence-corrected chi connectivity index (χ2v) is 4.71. The van der Waals surface area contributed by atoms with E-state index in [1.54, 1.807) is 6.92 Å². The Morgan fingerprint density at radius 2 is 1.76 bits per heavy atom. The van der Waals surface area contributed by atoms with Gasteiger partial charge in [-0.25, -0.2) is 8.78 Å². The van der Waals surface area contributed by atoms with Crippen molar-refractivity contribution in [2.75, 3.05) is 26.2 Å². The minimum atomic E-state index is -0.981. The number of carbonyl (C=O) groups is 3. The van der Waals surface area contributed by atoms with Crippen LogP contribution in [-0.4, -0.2) is 53.6 Å². The maximum absolute atomic E-state index is 13.5. The van der Waals surface area contributed by atoms with E-state index in [1.165, 1.54) is 4.90 Å². The third-order valence-electron chi connectivity index (χ3n) is 3.31. The zero-order valence-electron chi connectivity index (χ0n) is 11.4. The lowest BCUT2D eigenvalue weighted by atomic mass is 10.1. The second kappa shape index (κ2) is 5.99. The van der Waals surface area contributed by atoms with Crippen LogP contribution in [-0.2, 0) is 9.59 Å². The Morgan fingerprint density at radius 1 is 1.14 bits per heavy atom. The minimum Gasteiger partial charge on any atom is -0.332 e. The highest BCUT2D eigenvalue weighted by Crippen LogP contribution is 2.12. The number of nitrogens with zero attached hydrogens (tertiary/aromatic N) is 2. The fourth-order valence-corrected chi connectivity index (χ4v) is 2.11. The van der Waals surface area contributed by atoms with E-state index in [1.807, 2.05) is 0 Å². The standard InChI is InChI=1S/C14H14F2N2O3/c1-2-17-7-14(21)18(8-13(17)20)6-12(19)10-4-3-9(15)5-11(10)16/h3-5H,2,6-8H2,1H3. The van der Waals surface area contributed by atoms with Crippen LogP contribution in [0.5, 0.6) is 0 Å². The van der Waals surface area contributed by atoms with Crippen LogP contribution in [0.3, 0.4) is 0 Å². The van der Waals surface area contributed by atoms with Gasteiger partial charge >= 0.3 is 0 Å². The molecule has 0 saturated carbocycles. The summed E-state index contributed by atoms with van der Waals surface area (Å²) >= 11 is 0. The van der Waals surface area contributed by atoms with Gasteiger partial charge in [0.15, 0.2) is 5.78 Å². The van der Waals surface area contributed by atoms with Crippen LogP contribution < -0.4 is 0 Å². The molecule has 0 atom stereocenters. The van der Waals surface area contributed by atoms with Crippen LogP contribution >= 0.6 is 0 Å². The minimum absolute atomic E-state index is 0.0888. The van der Waals surface area contributed by atoms with E-state index in [4.69, 9.17) is 0 Å². The number of piperazine rings is 1. The first-order valence-electron chi connectivity index (χ1n) is 6.46. The summed E-state index contributed by atoms with van der Waals surface area (Å²) in [6, 6.07) is 2.61. The highest BCUT2D eigenvalue weighted by molar-refractivity contribution is 6.01. The first-order chi connectivity index (χ1) is 9.92. The summed E-state index contributed by atoms with van der Waals surface area (Å²) < 4.78 is 26.3. The molecule has 0 aliphatic carbocycles. The SMILES string of the molecule is CCN1CC(=O)N(CC(=O)c2ccc(F)cc2F)CC1=O. The molecule has 1 aliphatic heterocycles. The summed E-state index contributed by atoms with van der Waals surface area (Å²) in [5.41, 5.74) is -0.297. The number of halogens is 2. The van der Waals surface area contributed by atoms with Crippen molar-refractivity contribution in [2.45, 2.75) is 6.92 Å². The van der Waals surface area contributed by atoms with Crippen molar-refractivity contribution in [3.05, 3.63) is 35.4 Å². The number of benzene rings is 1. The lowest BCUT2D eigenvalue weighted by Crippen LogP contribution is -2.54. The Labute approximate surface area is 120 Å². The molecule has 1 heterocycles. The molecule has 0 aromatic heterocycles. The Bertz CT molecular complexity index is 604. The summed E-state index contributed by atoms with van der Waals surface area (Å²) in [6.45, 7) is 1.47. The molecule has 5 nitrogen and oxygen atoms in total. The van der Waals surface area contributed by atoms with E-state index < -0.39 is 24.0 Å². The number of hydrogen-bond donors (Lipinski definition) is 0. The van der Waals surface area contributed by atoms with Gasteiger partial charge in [-0.1, -0.05) is 0 Å². The monoisotopic (exact) mass is 296 g/mol. The van der Waals surface area contributed by atoms with Gasteiger partial charge in [-0.3, -0.25) is 14.4 Å². The van der Waals surface area contributed by atoms with Gasteiger partial charge in [0.25, 0.3) is 0 Å². The molecule has 1 fully saturated rings. The van der Waals surface area contributed by atoms with E-state index in [9.17, 15) is 23.2 Å². The largest absolute Gasteiger partial charge is 0.332 e. The third-order valence-corrected chi connectivity index (χ3v) is 3.31. The van der Waals surface area contributed by atoms with Gasteiger partial charge in [0.05, 0.1) is 18.7 Å². The van der Waals surface area contributed by atoms with Gasteiger partial charge in [0, 0.05) is 12.6 Å². The molecule has 7 heteroatoms. The maximum atomic E-state index is 13.5. The quantitative estimate of drug-likeness (QED) is 0.774. The molecule has 2 amide bonds. The molecular formula is C14H14F2N2O3. The number of carbonyl (C=O) groups excluding carboxylic acids is 3. The van der Waals surface area contributed by atoms with Crippen LogP contribution in [0.25, 0.3) is 0 Å². The molecule has 21 heavy (non-hydrogen) atoms. The van der Waals surface area contributed by atoms with Crippen LogP contribution in [0.2, 0.25) is 0 Å². The van der Waals surface area contributed by atoms with Crippen molar-refractivity contribution >= 4 is 17.6 Å². The van der Waals surface area contributed by atoms with E-state index in [-0.39, 0.29) is 30.5 Å². The Hall–Kier alpha value is -2.31. The molecule has 0 spiro atoms. The van der Waals surface area contributed by atoms with Gasteiger partial charge in [-0.05, 0) is 19.1 Å². The van der Waals surface area contributed by atoms with Gasteiger partial charge in [0.2, 0.25) is 11.8 Å². The van der Waals surface area contributed by atoms with Crippen molar-refractivity contribution in [3.8, 4) is 0 Å². The van der Waals surface area contributed by atoms with Gasteiger partial charge < -0.3 is 9.80 Å². The zero-order chi connectivity index (χ0) is 15.6. The Morgan fingerprint density at radius 3 is 2.38 bits per heavy atom. The number of rotatable bonds is 4. The molecule has 1 saturated heterocycles. The Balaban J connectivity index is 2.09. The number of likely N-dealkylation sites (N-methyl/N-ethyl adjacent to an activating group) is 1. The van der Waals surface area contributed by atoms with Gasteiger partial charge in [-0.2, -0.15) is 0 Å². The van der Waals surface area contributed by atoms with E-state index in [0.717, 1.165) is 17.0 Å². The highest BCUT2D eigenvalue weighted by atomic mass is 19.1. The molecule has 1 aromatic carbocycles. The van der Waals surface area contributed by atoms with Crippen LogP contribution in [0.4, 0.5) is 8.78 Å². The molecule has 0 unspecified atom stereocenters. The number of Topliss-reactive ketones (excluding diaryl/α,β-unsaturated/α-hetero) is 1. The molecule has 0 N–H and O–H groups in total. The van der Waals surface area contributed by atoms with E-state index in [0.29, 0.717) is 12.6 Å². The van der Waals surface area contributed by atoms with Gasteiger partial charge in [-0.15, -0.1) is 0 Å². The second-order valence-electron chi connectivity index (χ2n) is 4.71. The first kappa shape index (κ1) is 15.1. The molecule has 0 radical (unpaired) electrons. The predicted octanol–water partition coefficient (Wildman–Crippen LogP) is 0.838. The topological polar surface area (TPSA) is 57.7 Å². The summed E-state index contributed by atoms with van der Waals surface area (Å²) in [5.74, 6) is -3.06. The molecule has 112 valence electrons. The van der Waals surface area contributed by atoms with Crippen molar-refractivity contribution in [1.82, 2.24) is 9.80 Å². The average Bonchev–Trinajstić information content (AvgIpc) is 2.42. The van der Waals surface area contributed by atoms with Crippen molar-refractivity contribution in [2.24, 2.45) is 0 Å². The van der Waals surface area contributed by atoms with Crippen LogP contribution in [0.1, 0.15) is 17.3 Å². The number of amides is 2. The highest BCUT2D eigenvalue weighted by Gasteiger charge is 2.30. The van der Waals surface area contributed by atoms with Crippen molar-refractivity contribution in [1.29, 1.82) is 0 Å². The predicted molar refractivity (Wildman–Crippen MR) is 69.5 cm³/mol. The van der Waals surface area contributed by atoms with Crippen molar-refractivity contribution < 1.29 is 23.2 Å². The Kier molecular flexibility index (Phi) is 4.30. The van der Waals surface area contributed by atoms with Crippen molar-refractivity contribution in [3.63, 3.8) is 0 Å². The summed E-state index contributed by atoms with van der Waals surface area (Å²) in [7, 11) is 0. The molecule has 2 rings (SSSR count). The molecule has 1 aromatic rings. The zero-order valence-corrected chi connectivity index (χ0v) is 11.4. The fraction of sp³-hybridized carbons (Fsp3) is 0.357. The maximum Gasteiger partial charge on any atom is 0.243 e. The lowest BCUT2D eigenvalue weighted by Gasteiger charge is -2.32. The fourth-order valence-electron chi connectivity index (χ4n) is 2.11.